The molecule has 0 N–H and O–H groups in total. The first kappa shape index (κ1) is 24.1. The van der Waals surface area contributed by atoms with Crippen LogP contribution >= 0.6 is 11.6 Å². The predicted octanol–water partition coefficient (Wildman–Crippen LogP) is 3.97. The lowest BCUT2D eigenvalue weighted by Gasteiger charge is -2.34. The van der Waals surface area contributed by atoms with Crippen LogP contribution in [0.2, 0.25) is 5.02 Å². The summed E-state index contributed by atoms with van der Waals surface area (Å²) in [6.07, 6.45) is 1.21. The highest BCUT2D eigenvalue weighted by molar-refractivity contribution is 6.32. The van der Waals surface area contributed by atoms with Crippen molar-refractivity contribution in [2.75, 3.05) is 37.7 Å². The molecule has 0 radical (unpaired) electrons. The first-order valence-corrected chi connectivity index (χ1v) is 12.3. The highest BCUT2D eigenvalue weighted by Crippen LogP contribution is 2.30. The van der Waals surface area contributed by atoms with Crippen LogP contribution in [-0.4, -0.2) is 58.5 Å². The Labute approximate surface area is 213 Å². The number of amides is 1. The molecule has 0 spiro atoms. The number of aromatic nitrogens is 2. The van der Waals surface area contributed by atoms with Crippen LogP contribution in [-0.2, 0) is 24.1 Å². The van der Waals surface area contributed by atoms with Gasteiger partial charge in [0.2, 0.25) is 0 Å². The Morgan fingerprint density at radius 2 is 1.94 bits per heavy atom. The summed E-state index contributed by atoms with van der Waals surface area (Å²) in [5.74, 6) is 1.32. The van der Waals surface area contributed by atoms with Gasteiger partial charge in [0.1, 0.15) is 16.7 Å². The minimum Gasteiger partial charge on any atom is -0.378 e. The van der Waals surface area contributed by atoms with Crippen molar-refractivity contribution in [2.24, 2.45) is 0 Å². The topological polar surface area (TPSA) is 102 Å². The van der Waals surface area contributed by atoms with E-state index in [1.807, 2.05) is 6.07 Å². The Balaban J connectivity index is 1.46. The van der Waals surface area contributed by atoms with Gasteiger partial charge < -0.3 is 14.5 Å². The van der Waals surface area contributed by atoms with Crippen LogP contribution < -0.4 is 4.90 Å². The van der Waals surface area contributed by atoms with Crippen molar-refractivity contribution in [2.45, 2.75) is 26.3 Å². The number of aryl methyl sites for hydroxylation is 1. The molecule has 1 saturated heterocycles. The summed E-state index contributed by atoms with van der Waals surface area (Å²) in [7, 11) is 0. The number of nitro groups is 1. The Bertz CT molecular complexity index is 1330. The molecule has 1 amide bonds. The van der Waals surface area contributed by atoms with Crippen LogP contribution in [0.15, 0.2) is 42.5 Å². The number of carbonyl (C=O) groups excluding carboxylic acids is 1. The van der Waals surface area contributed by atoms with E-state index in [4.69, 9.17) is 26.3 Å². The first-order chi connectivity index (χ1) is 17.4. The van der Waals surface area contributed by atoms with Gasteiger partial charge in [0.15, 0.2) is 0 Å². The minimum atomic E-state index is -0.579. The number of morpholine rings is 1. The third-order valence-corrected chi connectivity index (χ3v) is 6.84. The molecule has 0 atom stereocenters. The number of anilines is 1. The predicted molar refractivity (Wildman–Crippen MR) is 136 cm³/mol. The zero-order chi connectivity index (χ0) is 25.2. The molecule has 2 aromatic carbocycles. The van der Waals surface area contributed by atoms with Crippen LogP contribution in [0, 0.1) is 17.0 Å². The summed E-state index contributed by atoms with van der Waals surface area (Å²) in [6, 6.07) is 12.5. The Hall–Kier alpha value is -3.56. The van der Waals surface area contributed by atoms with E-state index in [1.54, 1.807) is 4.90 Å². The van der Waals surface area contributed by atoms with Crippen molar-refractivity contribution >= 4 is 29.0 Å². The lowest BCUT2D eigenvalue weighted by molar-refractivity contribution is -0.384. The molecule has 0 bridgehead atoms. The maximum absolute atomic E-state index is 13.3. The van der Waals surface area contributed by atoms with Crippen molar-refractivity contribution in [3.8, 4) is 0 Å². The van der Waals surface area contributed by atoms with Gasteiger partial charge in [-0.25, -0.2) is 9.97 Å². The molecule has 3 aromatic rings. The second-order valence-electron chi connectivity index (χ2n) is 9.05. The molecular formula is C26H26ClN5O4. The largest absolute Gasteiger partial charge is 0.378 e. The summed E-state index contributed by atoms with van der Waals surface area (Å²) in [4.78, 5) is 37.8. The zero-order valence-electron chi connectivity index (χ0n) is 19.9. The normalized spacial score (nSPS) is 15.5. The first-order valence-electron chi connectivity index (χ1n) is 11.9. The molecule has 10 heteroatoms. The lowest BCUT2D eigenvalue weighted by atomic mass is 10.0. The summed E-state index contributed by atoms with van der Waals surface area (Å²) in [5, 5.41) is 11.3. The molecule has 1 aromatic heterocycles. The standard InChI is InChI=1S/C26H26ClN5O4/c1-17-3-2-4-18(13-17)14-24-28-22-7-8-31(16-20(22)25(29-24)30-9-11-36-12-10-30)26(33)19-5-6-21(27)23(15-19)32(34)35/h2-6,13,15H,7-12,14,16H2,1H3. The number of rotatable bonds is 5. The molecule has 186 valence electrons. The lowest BCUT2D eigenvalue weighted by Crippen LogP contribution is -2.41. The van der Waals surface area contributed by atoms with Gasteiger partial charge in [-0.05, 0) is 24.6 Å². The molecule has 5 rings (SSSR count). The van der Waals surface area contributed by atoms with E-state index in [0.717, 1.165) is 28.5 Å². The number of nitrogens with zero attached hydrogens (tertiary/aromatic N) is 5. The number of halogens is 1. The van der Waals surface area contributed by atoms with Crippen molar-refractivity contribution in [3.05, 3.63) is 91.4 Å². The van der Waals surface area contributed by atoms with Crippen molar-refractivity contribution in [3.63, 3.8) is 0 Å². The van der Waals surface area contributed by atoms with Gasteiger partial charge in [-0.1, -0.05) is 41.4 Å². The number of nitro benzene ring substituents is 1. The Kier molecular flexibility index (Phi) is 6.84. The maximum Gasteiger partial charge on any atom is 0.288 e. The molecule has 2 aliphatic heterocycles. The maximum atomic E-state index is 13.3. The molecule has 9 nitrogen and oxygen atoms in total. The molecule has 36 heavy (non-hydrogen) atoms. The molecule has 3 heterocycles. The number of hydrogen-bond donors (Lipinski definition) is 0. The van der Waals surface area contributed by atoms with E-state index < -0.39 is 4.92 Å². The highest BCUT2D eigenvalue weighted by atomic mass is 35.5. The summed E-state index contributed by atoms with van der Waals surface area (Å²) >= 11 is 5.94. The third-order valence-electron chi connectivity index (χ3n) is 6.52. The fraction of sp³-hybridized carbons (Fsp3) is 0.346. The number of hydrogen-bond acceptors (Lipinski definition) is 7. The van der Waals surface area contributed by atoms with E-state index in [9.17, 15) is 14.9 Å². The van der Waals surface area contributed by atoms with Gasteiger partial charge >= 0.3 is 0 Å². The van der Waals surface area contributed by atoms with E-state index >= 15 is 0 Å². The number of ether oxygens (including phenoxy) is 1. The van der Waals surface area contributed by atoms with Crippen molar-refractivity contribution < 1.29 is 14.5 Å². The molecule has 1 fully saturated rings. The van der Waals surface area contributed by atoms with Crippen LogP contribution in [0.3, 0.4) is 0 Å². The van der Waals surface area contributed by atoms with Crippen LogP contribution in [0.5, 0.6) is 0 Å². The molecule has 2 aliphatic rings. The monoisotopic (exact) mass is 507 g/mol. The fourth-order valence-electron chi connectivity index (χ4n) is 4.71. The summed E-state index contributed by atoms with van der Waals surface area (Å²) in [6.45, 7) is 5.52. The van der Waals surface area contributed by atoms with Crippen molar-refractivity contribution in [1.82, 2.24) is 14.9 Å². The molecule has 0 aliphatic carbocycles. The number of benzene rings is 2. The van der Waals surface area contributed by atoms with Crippen LogP contribution in [0.4, 0.5) is 11.5 Å². The highest BCUT2D eigenvalue weighted by Gasteiger charge is 2.29. The Morgan fingerprint density at radius 1 is 1.14 bits per heavy atom. The zero-order valence-corrected chi connectivity index (χ0v) is 20.7. The number of fused-ring (bicyclic) bond motifs is 1. The smallest absolute Gasteiger partial charge is 0.288 e. The molecular weight excluding hydrogens is 482 g/mol. The second-order valence-corrected chi connectivity index (χ2v) is 9.46. The quantitative estimate of drug-likeness (QED) is 0.380. The van der Waals surface area contributed by atoms with Crippen molar-refractivity contribution in [1.29, 1.82) is 0 Å². The molecule has 0 unspecified atom stereocenters. The summed E-state index contributed by atoms with van der Waals surface area (Å²) < 4.78 is 5.55. The Morgan fingerprint density at radius 3 is 2.69 bits per heavy atom. The van der Waals surface area contributed by atoms with Gasteiger partial charge in [-0.15, -0.1) is 0 Å². The van der Waals surface area contributed by atoms with E-state index in [2.05, 4.69) is 30.0 Å². The van der Waals surface area contributed by atoms with Gasteiger partial charge in [0.25, 0.3) is 11.6 Å². The minimum absolute atomic E-state index is 0.00434. The van der Waals surface area contributed by atoms with Gasteiger partial charge in [-0.2, -0.15) is 0 Å². The molecule has 0 saturated carbocycles. The van der Waals surface area contributed by atoms with Crippen LogP contribution in [0.25, 0.3) is 0 Å². The average Bonchev–Trinajstić information content (AvgIpc) is 2.88. The van der Waals surface area contributed by atoms with Gasteiger partial charge in [-0.3, -0.25) is 14.9 Å². The van der Waals surface area contributed by atoms with E-state index in [0.29, 0.717) is 52.2 Å². The fourth-order valence-corrected chi connectivity index (χ4v) is 4.90. The average molecular weight is 508 g/mol. The summed E-state index contributed by atoms with van der Waals surface area (Å²) in [5.41, 5.74) is 4.17. The SMILES string of the molecule is Cc1cccc(Cc2nc3c(c(N4CCOCC4)n2)CN(C(=O)c2ccc(Cl)c([N+](=O)[O-])c2)CC3)c1. The van der Waals surface area contributed by atoms with E-state index in [1.165, 1.54) is 23.8 Å². The van der Waals surface area contributed by atoms with Crippen LogP contribution in [0.1, 0.15) is 38.6 Å². The van der Waals surface area contributed by atoms with E-state index in [-0.39, 0.29) is 22.2 Å². The third kappa shape index (κ3) is 5.03. The second kappa shape index (κ2) is 10.2. The number of carbonyl (C=O) groups is 1. The van der Waals surface area contributed by atoms with Gasteiger partial charge in [0, 0.05) is 49.7 Å². The van der Waals surface area contributed by atoms with Gasteiger partial charge in [0.05, 0.1) is 30.4 Å².